The first kappa shape index (κ1) is 20.6. The fraction of sp³-hybridized carbons (Fsp3) is 0.471. The van der Waals surface area contributed by atoms with Crippen molar-refractivity contribution < 1.29 is 19.1 Å². The van der Waals surface area contributed by atoms with E-state index in [0.29, 0.717) is 11.4 Å². The summed E-state index contributed by atoms with van der Waals surface area (Å²) in [6.45, 7) is 5.20. The first-order valence-electron chi connectivity index (χ1n) is 8.39. The van der Waals surface area contributed by atoms with E-state index in [1.165, 1.54) is 11.3 Å². The predicted octanol–water partition coefficient (Wildman–Crippen LogP) is 0.668. The molecular weight excluding hydrogens is 370 g/mol. The Hall–Kier alpha value is -2.75. The molecule has 0 unspecified atom stereocenters. The fourth-order valence-electron chi connectivity index (χ4n) is 2.47. The molecular formula is C17H23N5O4S. The number of hydrazine groups is 1. The quantitative estimate of drug-likeness (QED) is 0.528. The number of esters is 1. The molecule has 2 N–H and O–H groups in total. The van der Waals surface area contributed by atoms with E-state index in [1.807, 2.05) is 33.2 Å². The van der Waals surface area contributed by atoms with Crippen molar-refractivity contribution in [2.45, 2.75) is 40.0 Å². The van der Waals surface area contributed by atoms with E-state index in [9.17, 15) is 14.4 Å². The molecule has 9 nitrogen and oxygen atoms in total. The van der Waals surface area contributed by atoms with E-state index in [0.717, 1.165) is 22.6 Å². The second-order valence-corrected chi connectivity index (χ2v) is 7.03. The molecule has 0 aliphatic rings. The largest absolute Gasteiger partial charge is 0.455 e. The Balaban J connectivity index is 1.65. The Bertz CT molecular complexity index is 842. The van der Waals surface area contributed by atoms with E-state index in [4.69, 9.17) is 4.74 Å². The first-order valence-corrected chi connectivity index (χ1v) is 9.27. The third-order valence-corrected chi connectivity index (χ3v) is 4.89. The summed E-state index contributed by atoms with van der Waals surface area (Å²) in [4.78, 5) is 39.4. The smallest absolute Gasteiger partial charge is 0.306 e. The predicted molar refractivity (Wildman–Crippen MR) is 98.8 cm³/mol. The standard InChI is InChI=1S/C17H23N5O4S/c1-10-9-27-16(18-10)7-14(23)19-20-15(24)8-26-17(25)6-5-13-11(2)21-22(4)12(13)3/h9H,5-8H2,1-4H3,(H,19,23)(H,20,24). The average molecular weight is 393 g/mol. The number of hydrogen-bond donors (Lipinski definition) is 2. The number of amides is 2. The van der Waals surface area contributed by atoms with Gasteiger partial charge in [0.1, 0.15) is 5.01 Å². The maximum atomic E-state index is 11.8. The minimum absolute atomic E-state index is 0.0718. The summed E-state index contributed by atoms with van der Waals surface area (Å²) < 4.78 is 6.69. The average Bonchev–Trinajstić information content (AvgIpc) is 3.12. The molecule has 0 spiro atoms. The Labute approximate surface area is 161 Å². The highest BCUT2D eigenvalue weighted by atomic mass is 32.1. The van der Waals surface area contributed by atoms with Crippen LogP contribution < -0.4 is 10.9 Å². The highest BCUT2D eigenvalue weighted by Gasteiger charge is 2.14. The van der Waals surface area contributed by atoms with Crippen LogP contribution in [0.1, 0.15) is 34.1 Å². The van der Waals surface area contributed by atoms with Crippen molar-refractivity contribution in [3.63, 3.8) is 0 Å². The number of nitrogens with zero attached hydrogens (tertiary/aromatic N) is 3. The second kappa shape index (κ2) is 9.26. The zero-order valence-electron chi connectivity index (χ0n) is 15.8. The lowest BCUT2D eigenvalue weighted by atomic mass is 10.1. The molecule has 0 aliphatic carbocycles. The van der Waals surface area contributed by atoms with Crippen molar-refractivity contribution in [3.8, 4) is 0 Å². The van der Waals surface area contributed by atoms with Crippen LogP contribution in [0.2, 0.25) is 0 Å². The van der Waals surface area contributed by atoms with Crippen molar-refractivity contribution in [2.75, 3.05) is 6.61 Å². The summed E-state index contributed by atoms with van der Waals surface area (Å²) >= 11 is 1.37. The molecule has 2 amide bonds. The van der Waals surface area contributed by atoms with Crippen molar-refractivity contribution in [1.82, 2.24) is 25.6 Å². The number of hydrogen-bond acceptors (Lipinski definition) is 7. The summed E-state index contributed by atoms with van der Waals surface area (Å²) in [5.74, 6) is -1.50. The van der Waals surface area contributed by atoms with Crippen LogP contribution in [0, 0.1) is 20.8 Å². The van der Waals surface area contributed by atoms with Gasteiger partial charge in [-0.1, -0.05) is 0 Å². The van der Waals surface area contributed by atoms with E-state index in [-0.39, 0.29) is 12.8 Å². The number of aryl methyl sites for hydroxylation is 3. The van der Waals surface area contributed by atoms with Gasteiger partial charge in [0.15, 0.2) is 6.61 Å². The lowest BCUT2D eigenvalue weighted by molar-refractivity contribution is -0.149. The number of ether oxygens (including phenoxy) is 1. The van der Waals surface area contributed by atoms with Gasteiger partial charge in [-0.15, -0.1) is 11.3 Å². The molecule has 27 heavy (non-hydrogen) atoms. The van der Waals surface area contributed by atoms with Crippen LogP contribution in [-0.4, -0.2) is 39.2 Å². The van der Waals surface area contributed by atoms with E-state index in [1.54, 1.807) is 4.68 Å². The number of nitrogens with one attached hydrogen (secondary N) is 2. The first-order chi connectivity index (χ1) is 12.8. The van der Waals surface area contributed by atoms with E-state index in [2.05, 4.69) is 20.9 Å². The SMILES string of the molecule is Cc1csc(CC(=O)NNC(=O)COC(=O)CCc2c(C)nn(C)c2C)n1. The summed E-state index contributed by atoms with van der Waals surface area (Å²) in [5, 5.41) is 6.79. The van der Waals surface area contributed by atoms with Gasteiger partial charge in [0.25, 0.3) is 5.91 Å². The van der Waals surface area contributed by atoms with Gasteiger partial charge < -0.3 is 4.74 Å². The summed E-state index contributed by atoms with van der Waals surface area (Å²) in [7, 11) is 1.85. The maximum absolute atomic E-state index is 11.8. The summed E-state index contributed by atoms with van der Waals surface area (Å²) in [5.41, 5.74) is 8.19. The molecule has 0 atom stereocenters. The normalized spacial score (nSPS) is 10.5. The zero-order valence-corrected chi connectivity index (χ0v) is 16.6. The molecule has 2 aromatic heterocycles. The van der Waals surface area contributed by atoms with Crippen LogP contribution in [0.3, 0.4) is 0 Å². The number of rotatable bonds is 7. The molecule has 2 rings (SSSR count). The van der Waals surface area contributed by atoms with Crippen molar-refractivity contribution in [3.05, 3.63) is 33.0 Å². The van der Waals surface area contributed by atoms with Gasteiger partial charge in [-0.2, -0.15) is 5.10 Å². The molecule has 2 heterocycles. The molecule has 0 aromatic carbocycles. The van der Waals surface area contributed by atoms with Crippen LogP contribution in [0.5, 0.6) is 0 Å². The molecule has 146 valence electrons. The van der Waals surface area contributed by atoms with Crippen LogP contribution in [0.25, 0.3) is 0 Å². The molecule has 0 aliphatic heterocycles. The maximum Gasteiger partial charge on any atom is 0.306 e. The summed E-state index contributed by atoms with van der Waals surface area (Å²) in [6.07, 6.45) is 0.717. The Morgan fingerprint density at radius 3 is 2.48 bits per heavy atom. The lowest BCUT2D eigenvalue weighted by Crippen LogP contribution is -2.44. The van der Waals surface area contributed by atoms with E-state index < -0.39 is 24.4 Å². The van der Waals surface area contributed by atoms with Gasteiger partial charge in [-0.05, 0) is 32.8 Å². The minimum Gasteiger partial charge on any atom is -0.455 e. The number of carbonyl (C=O) groups is 3. The molecule has 0 saturated carbocycles. The highest BCUT2D eigenvalue weighted by molar-refractivity contribution is 7.09. The third-order valence-electron chi connectivity index (χ3n) is 3.92. The van der Waals surface area contributed by atoms with Crippen LogP contribution in [0.4, 0.5) is 0 Å². The van der Waals surface area contributed by atoms with Gasteiger partial charge in [-0.25, -0.2) is 4.98 Å². The minimum atomic E-state index is -0.610. The Kier molecular flexibility index (Phi) is 7.05. The van der Waals surface area contributed by atoms with Gasteiger partial charge in [0, 0.05) is 30.2 Å². The van der Waals surface area contributed by atoms with Crippen molar-refractivity contribution in [1.29, 1.82) is 0 Å². The number of carbonyl (C=O) groups excluding carboxylic acids is 3. The topological polar surface area (TPSA) is 115 Å². The summed E-state index contributed by atoms with van der Waals surface area (Å²) in [6, 6.07) is 0. The van der Waals surface area contributed by atoms with Crippen LogP contribution in [-0.2, 0) is 39.0 Å². The third kappa shape index (κ3) is 6.17. The molecule has 0 radical (unpaired) electrons. The number of thiazole rings is 1. The van der Waals surface area contributed by atoms with Gasteiger partial charge >= 0.3 is 5.97 Å². The van der Waals surface area contributed by atoms with Gasteiger partial charge in [0.2, 0.25) is 5.91 Å². The van der Waals surface area contributed by atoms with Crippen LogP contribution >= 0.6 is 11.3 Å². The van der Waals surface area contributed by atoms with Crippen molar-refractivity contribution in [2.24, 2.45) is 7.05 Å². The molecule has 0 saturated heterocycles. The molecule has 0 fully saturated rings. The van der Waals surface area contributed by atoms with Crippen LogP contribution in [0.15, 0.2) is 5.38 Å². The molecule has 10 heteroatoms. The Morgan fingerprint density at radius 2 is 1.89 bits per heavy atom. The highest BCUT2D eigenvalue weighted by Crippen LogP contribution is 2.14. The Morgan fingerprint density at radius 1 is 1.19 bits per heavy atom. The van der Waals surface area contributed by atoms with Gasteiger partial charge in [-0.3, -0.25) is 29.9 Å². The van der Waals surface area contributed by atoms with E-state index >= 15 is 0 Å². The monoisotopic (exact) mass is 393 g/mol. The lowest BCUT2D eigenvalue weighted by Gasteiger charge is -2.08. The zero-order chi connectivity index (χ0) is 20.0. The number of aromatic nitrogens is 3. The van der Waals surface area contributed by atoms with Crippen molar-refractivity contribution >= 4 is 29.1 Å². The van der Waals surface area contributed by atoms with Gasteiger partial charge in [0.05, 0.1) is 12.1 Å². The molecule has 2 aromatic rings. The fourth-order valence-corrected chi connectivity index (χ4v) is 3.24. The second-order valence-electron chi connectivity index (χ2n) is 6.09. The molecule has 0 bridgehead atoms.